The normalized spacial score (nSPS) is 14.1. The predicted octanol–water partition coefficient (Wildman–Crippen LogP) is 4.34. The molecule has 0 spiro atoms. The Kier molecular flexibility index (Phi) is 6.86. The molecule has 6 heteroatoms. The number of carbonyl (C=O) groups excluding carboxylic acids is 2. The Bertz CT molecular complexity index is 1170. The van der Waals surface area contributed by atoms with E-state index >= 15 is 0 Å². The van der Waals surface area contributed by atoms with Gasteiger partial charge < -0.3 is 14.8 Å². The molecule has 1 N–H and O–H groups in total. The molecule has 1 aliphatic rings. The lowest BCUT2D eigenvalue weighted by molar-refractivity contribution is -0.117. The number of nitrogens with one attached hydrogen (secondary N) is 1. The number of para-hydroxylation sites is 2. The summed E-state index contributed by atoms with van der Waals surface area (Å²) in [5.41, 5.74) is 4.25. The maximum Gasteiger partial charge on any atom is 0.294 e. The molecule has 4 rings (SSSR count). The van der Waals surface area contributed by atoms with Crippen LogP contribution in [-0.4, -0.2) is 32.1 Å². The molecule has 168 valence electrons. The quantitative estimate of drug-likeness (QED) is 0.437. The van der Waals surface area contributed by atoms with Crippen LogP contribution in [0.4, 0.5) is 5.69 Å². The van der Waals surface area contributed by atoms with Gasteiger partial charge in [0.2, 0.25) is 0 Å². The SMILES string of the molecule is COCCNC(=O)c1ccc(/C=C2/Oc3ccccc3N(Cc3ccc(C)cc3)C2=O)cc1. The molecule has 0 saturated carbocycles. The molecule has 0 aliphatic carbocycles. The third-order valence-corrected chi connectivity index (χ3v) is 5.36. The number of amides is 2. The standard InChI is InChI=1S/C27H26N2O4/c1-19-7-9-21(10-8-19)18-29-23-5-3-4-6-24(23)33-25(27(29)31)17-20-11-13-22(14-12-20)26(30)28-15-16-32-2/h3-14,17H,15-16,18H2,1-2H3,(H,28,30)/b25-17+. The van der Waals surface area contributed by atoms with Crippen LogP contribution in [0, 0.1) is 6.92 Å². The van der Waals surface area contributed by atoms with Gasteiger partial charge in [0.15, 0.2) is 11.5 Å². The van der Waals surface area contributed by atoms with E-state index in [2.05, 4.69) is 5.32 Å². The number of anilines is 1. The van der Waals surface area contributed by atoms with Crippen molar-refractivity contribution in [1.29, 1.82) is 0 Å². The number of rotatable bonds is 7. The van der Waals surface area contributed by atoms with Crippen LogP contribution in [0.15, 0.2) is 78.6 Å². The van der Waals surface area contributed by atoms with E-state index in [4.69, 9.17) is 9.47 Å². The van der Waals surface area contributed by atoms with Crippen molar-refractivity contribution >= 4 is 23.6 Å². The third kappa shape index (κ3) is 5.30. The van der Waals surface area contributed by atoms with E-state index in [0.29, 0.717) is 31.0 Å². The highest BCUT2D eigenvalue weighted by atomic mass is 16.5. The number of methoxy groups -OCH3 is 1. The fourth-order valence-electron chi connectivity index (χ4n) is 3.55. The number of fused-ring (bicyclic) bond motifs is 1. The van der Waals surface area contributed by atoms with Crippen molar-refractivity contribution in [2.24, 2.45) is 0 Å². The van der Waals surface area contributed by atoms with Gasteiger partial charge in [-0.05, 0) is 48.4 Å². The minimum atomic E-state index is -0.212. The van der Waals surface area contributed by atoms with Crippen LogP contribution in [0.2, 0.25) is 0 Å². The lowest BCUT2D eigenvalue weighted by Gasteiger charge is -2.30. The minimum Gasteiger partial charge on any atom is -0.449 e. The van der Waals surface area contributed by atoms with E-state index in [0.717, 1.165) is 16.8 Å². The average molecular weight is 443 g/mol. The highest BCUT2D eigenvalue weighted by Crippen LogP contribution is 2.36. The molecule has 33 heavy (non-hydrogen) atoms. The Morgan fingerprint density at radius 2 is 1.76 bits per heavy atom. The predicted molar refractivity (Wildman–Crippen MR) is 128 cm³/mol. The molecule has 0 aromatic heterocycles. The summed E-state index contributed by atoms with van der Waals surface area (Å²) in [6.07, 6.45) is 1.70. The molecule has 6 nitrogen and oxygen atoms in total. The monoisotopic (exact) mass is 442 g/mol. The highest BCUT2D eigenvalue weighted by molar-refractivity contribution is 6.09. The molecule has 0 radical (unpaired) electrons. The van der Waals surface area contributed by atoms with Crippen LogP contribution < -0.4 is 15.0 Å². The Balaban J connectivity index is 1.57. The molecule has 0 fully saturated rings. The van der Waals surface area contributed by atoms with E-state index in [9.17, 15) is 9.59 Å². The summed E-state index contributed by atoms with van der Waals surface area (Å²) >= 11 is 0. The third-order valence-electron chi connectivity index (χ3n) is 5.36. The van der Waals surface area contributed by atoms with Gasteiger partial charge in [-0.3, -0.25) is 14.5 Å². The fraction of sp³-hybridized carbons (Fsp3) is 0.185. The van der Waals surface area contributed by atoms with Crippen molar-refractivity contribution in [3.05, 3.63) is 101 Å². The second-order valence-electron chi connectivity index (χ2n) is 7.83. The van der Waals surface area contributed by atoms with Crippen LogP contribution in [0.5, 0.6) is 5.75 Å². The number of ether oxygens (including phenoxy) is 2. The van der Waals surface area contributed by atoms with E-state index in [1.807, 2.05) is 55.5 Å². The van der Waals surface area contributed by atoms with Crippen molar-refractivity contribution in [3.8, 4) is 5.75 Å². The lowest BCUT2D eigenvalue weighted by Crippen LogP contribution is -2.36. The first-order chi connectivity index (χ1) is 16.0. The Labute approximate surface area is 193 Å². The molecule has 0 bridgehead atoms. The molecule has 3 aromatic rings. The molecule has 2 amide bonds. The summed E-state index contributed by atoms with van der Waals surface area (Å²) in [6.45, 7) is 3.38. The van der Waals surface area contributed by atoms with E-state index in [-0.39, 0.29) is 17.6 Å². The number of hydrogen-bond donors (Lipinski definition) is 1. The topological polar surface area (TPSA) is 67.9 Å². The number of carbonyl (C=O) groups is 2. The van der Waals surface area contributed by atoms with Crippen LogP contribution in [-0.2, 0) is 16.1 Å². The van der Waals surface area contributed by atoms with E-state index in [1.54, 1.807) is 42.4 Å². The highest BCUT2D eigenvalue weighted by Gasteiger charge is 2.30. The van der Waals surface area contributed by atoms with Crippen molar-refractivity contribution in [3.63, 3.8) is 0 Å². The first-order valence-corrected chi connectivity index (χ1v) is 10.8. The fourth-order valence-corrected chi connectivity index (χ4v) is 3.55. The van der Waals surface area contributed by atoms with E-state index < -0.39 is 0 Å². The molecule has 1 aliphatic heterocycles. The van der Waals surface area contributed by atoms with Gasteiger partial charge in [-0.2, -0.15) is 0 Å². The van der Waals surface area contributed by atoms with Crippen molar-refractivity contribution < 1.29 is 19.1 Å². The largest absolute Gasteiger partial charge is 0.449 e. The van der Waals surface area contributed by atoms with Crippen LogP contribution in [0.3, 0.4) is 0 Å². The van der Waals surface area contributed by atoms with Crippen LogP contribution in [0.1, 0.15) is 27.0 Å². The number of hydrogen-bond acceptors (Lipinski definition) is 4. The smallest absolute Gasteiger partial charge is 0.294 e. The van der Waals surface area contributed by atoms with Gasteiger partial charge in [0.1, 0.15) is 0 Å². The minimum absolute atomic E-state index is 0.172. The second-order valence-corrected chi connectivity index (χ2v) is 7.83. The van der Waals surface area contributed by atoms with Crippen LogP contribution in [0.25, 0.3) is 6.08 Å². The van der Waals surface area contributed by atoms with E-state index in [1.165, 1.54) is 5.56 Å². The van der Waals surface area contributed by atoms with Gasteiger partial charge >= 0.3 is 0 Å². The Hall–Kier alpha value is -3.90. The van der Waals surface area contributed by atoms with Gasteiger partial charge in [-0.25, -0.2) is 0 Å². The lowest BCUT2D eigenvalue weighted by atomic mass is 10.1. The van der Waals surface area contributed by atoms with Crippen molar-refractivity contribution in [2.45, 2.75) is 13.5 Å². The maximum absolute atomic E-state index is 13.3. The summed E-state index contributed by atoms with van der Waals surface area (Å²) in [7, 11) is 1.59. The van der Waals surface area contributed by atoms with Gasteiger partial charge in [0.05, 0.1) is 18.8 Å². The first-order valence-electron chi connectivity index (χ1n) is 10.8. The van der Waals surface area contributed by atoms with Gasteiger partial charge in [0, 0.05) is 19.2 Å². The Morgan fingerprint density at radius 1 is 1.03 bits per heavy atom. The van der Waals surface area contributed by atoms with Gasteiger partial charge in [-0.15, -0.1) is 0 Å². The van der Waals surface area contributed by atoms with Gasteiger partial charge in [0.25, 0.3) is 11.8 Å². The molecule has 1 heterocycles. The zero-order valence-electron chi connectivity index (χ0n) is 18.7. The molecule has 0 saturated heterocycles. The maximum atomic E-state index is 13.3. The number of benzene rings is 3. The summed E-state index contributed by atoms with van der Waals surface area (Å²) in [4.78, 5) is 27.3. The summed E-state index contributed by atoms with van der Waals surface area (Å²) in [6, 6.07) is 22.7. The summed E-state index contributed by atoms with van der Waals surface area (Å²) in [5, 5.41) is 2.79. The molecule has 0 atom stereocenters. The molecular weight excluding hydrogens is 416 g/mol. The Morgan fingerprint density at radius 3 is 2.48 bits per heavy atom. The number of nitrogens with zero attached hydrogens (tertiary/aromatic N) is 1. The zero-order valence-corrected chi connectivity index (χ0v) is 18.7. The first kappa shape index (κ1) is 22.3. The molecule has 3 aromatic carbocycles. The second kappa shape index (κ2) is 10.1. The summed E-state index contributed by atoms with van der Waals surface area (Å²) < 4.78 is 10.9. The van der Waals surface area contributed by atoms with Crippen molar-refractivity contribution in [2.75, 3.05) is 25.2 Å². The summed E-state index contributed by atoms with van der Waals surface area (Å²) in [5.74, 6) is 0.479. The number of aryl methyl sites for hydroxylation is 1. The zero-order chi connectivity index (χ0) is 23.2. The molecule has 0 unspecified atom stereocenters. The van der Waals surface area contributed by atoms with Crippen molar-refractivity contribution in [1.82, 2.24) is 5.32 Å². The van der Waals surface area contributed by atoms with Crippen LogP contribution >= 0.6 is 0 Å². The average Bonchev–Trinajstić information content (AvgIpc) is 2.83. The molecular formula is C27H26N2O4. The van der Waals surface area contributed by atoms with Gasteiger partial charge in [-0.1, -0.05) is 54.1 Å².